The number of nitrogens with zero attached hydrogens (tertiary/aromatic N) is 4. The summed E-state index contributed by atoms with van der Waals surface area (Å²) in [5, 5.41) is 19.3. The van der Waals surface area contributed by atoms with Crippen molar-refractivity contribution in [3.8, 4) is 16.3 Å². The standard InChI is InChI=1S/C22H22F2N4O4S/c1-11(2)28-14(10-32-3)8-27-9-15(19(29)20(30)18(27)22(28)31)21-26-25-17(33-21)6-12-4-5-13(23)7-16(12)24/h4-5,7,9,11,14,30H,6,8,10H2,1-3H3/t14-/m0/s1. The number of halogens is 2. The number of rotatable bonds is 6. The molecule has 3 heterocycles. The van der Waals surface area contributed by atoms with Gasteiger partial charge in [0.15, 0.2) is 16.5 Å². The Bertz CT molecular complexity index is 1270. The molecule has 3 aromatic rings. The summed E-state index contributed by atoms with van der Waals surface area (Å²) in [5.41, 5.74) is -0.491. The normalized spacial score (nSPS) is 15.9. The number of carbonyl (C=O) groups is 1. The number of fused-ring (bicyclic) bond motifs is 1. The number of carbonyl (C=O) groups excluding carboxylic acids is 1. The smallest absolute Gasteiger partial charge is 0.275 e. The van der Waals surface area contributed by atoms with E-state index in [9.17, 15) is 23.5 Å². The van der Waals surface area contributed by atoms with Gasteiger partial charge in [0.05, 0.1) is 18.2 Å². The average molecular weight is 477 g/mol. The lowest BCUT2D eigenvalue weighted by Crippen LogP contribution is -2.53. The van der Waals surface area contributed by atoms with Gasteiger partial charge in [0, 0.05) is 38.4 Å². The zero-order valence-corrected chi connectivity index (χ0v) is 19.0. The van der Waals surface area contributed by atoms with Crippen LogP contribution in [-0.2, 0) is 17.7 Å². The number of pyridine rings is 1. The van der Waals surface area contributed by atoms with Crippen LogP contribution in [0.1, 0.15) is 34.9 Å². The van der Waals surface area contributed by atoms with E-state index in [0.29, 0.717) is 11.6 Å². The molecule has 1 atom stereocenters. The predicted molar refractivity (Wildman–Crippen MR) is 117 cm³/mol. The molecule has 1 N–H and O–H groups in total. The number of amides is 1. The number of hydrogen-bond acceptors (Lipinski definition) is 7. The Hall–Kier alpha value is -3.18. The van der Waals surface area contributed by atoms with Gasteiger partial charge < -0.3 is 19.3 Å². The molecule has 2 aromatic heterocycles. The van der Waals surface area contributed by atoms with Gasteiger partial charge in [-0.2, -0.15) is 0 Å². The Balaban J connectivity index is 1.71. The van der Waals surface area contributed by atoms with E-state index in [-0.39, 0.29) is 46.9 Å². The second kappa shape index (κ2) is 8.99. The zero-order valence-electron chi connectivity index (χ0n) is 18.2. The highest BCUT2D eigenvalue weighted by molar-refractivity contribution is 7.14. The fourth-order valence-corrected chi connectivity index (χ4v) is 4.89. The van der Waals surface area contributed by atoms with E-state index >= 15 is 0 Å². The van der Waals surface area contributed by atoms with E-state index in [0.717, 1.165) is 23.5 Å². The van der Waals surface area contributed by atoms with Gasteiger partial charge in [-0.3, -0.25) is 9.59 Å². The van der Waals surface area contributed by atoms with Crippen molar-refractivity contribution in [3.63, 3.8) is 0 Å². The molecule has 0 spiro atoms. The quantitative estimate of drug-likeness (QED) is 0.588. The molecular weight excluding hydrogens is 454 g/mol. The van der Waals surface area contributed by atoms with Gasteiger partial charge in [0.2, 0.25) is 5.43 Å². The summed E-state index contributed by atoms with van der Waals surface area (Å²) in [5.74, 6) is -2.48. The van der Waals surface area contributed by atoms with Crippen LogP contribution < -0.4 is 5.43 Å². The Kier molecular flexibility index (Phi) is 6.26. The van der Waals surface area contributed by atoms with Crippen LogP contribution in [0.5, 0.6) is 5.75 Å². The zero-order chi connectivity index (χ0) is 23.9. The molecule has 0 aliphatic carbocycles. The highest BCUT2D eigenvalue weighted by Gasteiger charge is 2.37. The molecule has 8 nitrogen and oxygen atoms in total. The van der Waals surface area contributed by atoms with E-state index in [1.54, 1.807) is 12.0 Å². The van der Waals surface area contributed by atoms with Gasteiger partial charge >= 0.3 is 0 Å². The van der Waals surface area contributed by atoms with E-state index in [2.05, 4.69) is 10.2 Å². The van der Waals surface area contributed by atoms with Crippen LogP contribution in [0.2, 0.25) is 0 Å². The number of benzene rings is 1. The van der Waals surface area contributed by atoms with Gasteiger partial charge in [0.1, 0.15) is 16.6 Å². The first-order valence-electron chi connectivity index (χ1n) is 10.3. The Morgan fingerprint density at radius 3 is 2.70 bits per heavy atom. The Labute approximate surface area is 192 Å². The fourth-order valence-electron chi connectivity index (χ4n) is 4.02. The first-order valence-corrected chi connectivity index (χ1v) is 11.1. The van der Waals surface area contributed by atoms with E-state index in [1.165, 1.54) is 16.8 Å². The van der Waals surface area contributed by atoms with Crippen LogP contribution >= 0.6 is 11.3 Å². The summed E-state index contributed by atoms with van der Waals surface area (Å²) in [7, 11) is 1.54. The SMILES string of the molecule is COC[C@@H]1Cn2cc(-c3nnc(Cc4ccc(F)cc4F)s3)c(=O)c(O)c2C(=O)N1C(C)C. The molecule has 1 amide bonds. The van der Waals surface area contributed by atoms with E-state index in [4.69, 9.17) is 4.74 Å². The van der Waals surface area contributed by atoms with Gasteiger partial charge in [0.25, 0.3) is 5.91 Å². The molecule has 33 heavy (non-hydrogen) atoms. The minimum absolute atomic E-state index is 0.0692. The van der Waals surface area contributed by atoms with Crippen molar-refractivity contribution in [2.45, 2.75) is 38.9 Å². The molecule has 0 saturated carbocycles. The molecule has 1 aromatic carbocycles. The summed E-state index contributed by atoms with van der Waals surface area (Å²) in [6, 6.07) is 2.84. The van der Waals surface area contributed by atoms with Crippen LogP contribution in [0.4, 0.5) is 8.78 Å². The van der Waals surface area contributed by atoms with Gasteiger partial charge in [-0.25, -0.2) is 8.78 Å². The van der Waals surface area contributed by atoms with Crippen molar-refractivity contribution in [2.24, 2.45) is 0 Å². The summed E-state index contributed by atoms with van der Waals surface area (Å²) in [6.07, 6.45) is 1.55. The molecule has 4 rings (SSSR count). The first kappa shape index (κ1) is 23.0. The van der Waals surface area contributed by atoms with E-state index in [1.807, 2.05) is 13.8 Å². The molecule has 174 valence electrons. The molecule has 0 saturated heterocycles. The highest BCUT2D eigenvalue weighted by Crippen LogP contribution is 2.30. The van der Waals surface area contributed by atoms with Gasteiger partial charge in [-0.15, -0.1) is 10.2 Å². The number of aromatic hydroxyl groups is 1. The van der Waals surface area contributed by atoms with Crippen molar-refractivity contribution >= 4 is 17.2 Å². The molecule has 11 heteroatoms. The predicted octanol–water partition coefficient (Wildman–Crippen LogP) is 2.82. The fraction of sp³-hybridized carbons (Fsp3) is 0.364. The number of methoxy groups -OCH3 is 1. The third-order valence-electron chi connectivity index (χ3n) is 5.46. The maximum absolute atomic E-state index is 14.0. The topological polar surface area (TPSA) is 97.5 Å². The maximum atomic E-state index is 14.0. The van der Waals surface area contributed by atoms with Gasteiger partial charge in [-0.1, -0.05) is 17.4 Å². The molecule has 1 aliphatic heterocycles. The van der Waals surface area contributed by atoms with Crippen molar-refractivity contribution < 1.29 is 23.4 Å². The summed E-state index contributed by atoms with van der Waals surface area (Å²) in [4.78, 5) is 27.6. The van der Waals surface area contributed by atoms with Crippen LogP contribution in [-0.4, -0.2) is 56.5 Å². The second-order valence-corrected chi connectivity index (χ2v) is 9.11. The van der Waals surface area contributed by atoms with Crippen LogP contribution in [0.3, 0.4) is 0 Å². The number of hydrogen-bond donors (Lipinski definition) is 1. The second-order valence-electron chi connectivity index (χ2n) is 8.05. The lowest BCUT2D eigenvalue weighted by atomic mass is 10.1. The van der Waals surface area contributed by atoms with Crippen molar-refractivity contribution in [1.82, 2.24) is 19.7 Å². The Morgan fingerprint density at radius 1 is 1.27 bits per heavy atom. The molecule has 0 bridgehead atoms. The number of ether oxygens (including phenoxy) is 1. The lowest BCUT2D eigenvalue weighted by molar-refractivity contribution is 0.0307. The minimum Gasteiger partial charge on any atom is -0.503 e. The highest BCUT2D eigenvalue weighted by atomic mass is 32.1. The molecule has 0 radical (unpaired) electrons. The lowest BCUT2D eigenvalue weighted by Gasteiger charge is -2.40. The Morgan fingerprint density at radius 2 is 2.03 bits per heavy atom. The monoisotopic (exact) mass is 476 g/mol. The molecule has 1 aliphatic rings. The van der Waals surface area contributed by atoms with Crippen molar-refractivity contribution in [2.75, 3.05) is 13.7 Å². The van der Waals surface area contributed by atoms with Crippen LogP contribution in [0.25, 0.3) is 10.6 Å². The minimum atomic E-state index is -0.737. The summed E-state index contributed by atoms with van der Waals surface area (Å²) in [6.45, 7) is 4.32. The largest absolute Gasteiger partial charge is 0.503 e. The molecular formula is C22H22F2N4O4S. The summed E-state index contributed by atoms with van der Waals surface area (Å²) >= 11 is 1.06. The number of aromatic nitrogens is 3. The first-order chi connectivity index (χ1) is 15.7. The van der Waals surface area contributed by atoms with Crippen molar-refractivity contribution in [3.05, 3.63) is 62.5 Å². The average Bonchev–Trinajstić information content (AvgIpc) is 3.20. The third kappa shape index (κ3) is 4.25. The van der Waals surface area contributed by atoms with Crippen LogP contribution in [0, 0.1) is 11.6 Å². The van der Waals surface area contributed by atoms with Crippen molar-refractivity contribution in [1.29, 1.82) is 0 Å². The molecule has 0 fully saturated rings. The maximum Gasteiger partial charge on any atom is 0.275 e. The van der Waals surface area contributed by atoms with Crippen LogP contribution in [0.15, 0.2) is 29.2 Å². The molecule has 0 unspecified atom stereocenters. The third-order valence-corrected chi connectivity index (χ3v) is 6.42. The summed E-state index contributed by atoms with van der Waals surface area (Å²) < 4.78 is 33.9. The van der Waals surface area contributed by atoms with Gasteiger partial charge in [-0.05, 0) is 25.5 Å². The van der Waals surface area contributed by atoms with E-state index < -0.39 is 28.7 Å².